The minimum Gasteiger partial charge on any atom is -0.0720 e. The molecule has 1 rings (SSSR count). The normalized spacial score (nSPS) is 14.1. The molecule has 0 bridgehead atoms. The van der Waals surface area contributed by atoms with Crippen LogP contribution in [0.3, 0.4) is 0 Å². The summed E-state index contributed by atoms with van der Waals surface area (Å²) >= 11 is 0. The Morgan fingerprint density at radius 3 is 1.39 bits per heavy atom. The maximum Gasteiger partial charge on any atom is 0.00897 e. The highest BCUT2D eigenvalue weighted by atomic mass is 31.1. The van der Waals surface area contributed by atoms with Crippen molar-refractivity contribution in [1.82, 2.24) is 0 Å². The topological polar surface area (TPSA) is 0 Å². The minimum atomic E-state index is 0.161. The Balaban J connectivity index is 3.82. The minimum absolute atomic E-state index is 0.161. The second kappa shape index (κ2) is 6.72. The van der Waals surface area contributed by atoms with E-state index in [2.05, 4.69) is 94.1 Å². The van der Waals surface area contributed by atoms with Gasteiger partial charge in [-0.05, 0) is 38.9 Å². The molecule has 0 saturated carbocycles. The third-order valence-electron chi connectivity index (χ3n) is 4.09. The van der Waals surface area contributed by atoms with E-state index in [9.17, 15) is 0 Å². The number of hydrogen-bond donors (Lipinski definition) is 0. The molecule has 1 aromatic carbocycles. The molecule has 0 amide bonds. The second-order valence-corrected chi connectivity index (χ2v) is 11.2. The first-order valence-corrected chi connectivity index (χ1v) is 9.84. The molecule has 0 spiro atoms. The lowest BCUT2D eigenvalue weighted by molar-refractivity contribution is 0.554. The van der Waals surface area contributed by atoms with Gasteiger partial charge in [0.15, 0.2) is 0 Å². The zero-order valence-corrected chi connectivity index (χ0v) is 18.2. The largest absolute Gasteiger partial charge is 0.0720 e. The fraction of sp³-hybridized carbons (Fsp3) is 0.682. The summed E-state index contributed by atoms with van der Waals surface area (Å²) in [5.74, 6) is 3.04. The van der Waals surface area contributed by atoms with E-state index in [1.165, 1.54) is 30.2 Å². The molecule has 0 aliphatic heterocycles. The Labute approximate surface area is 146 Å². The van der Waals surface area contributed by atoms with Gasteiger partial charge in [0.1, 0.15) is 0 Å². The van der Waals surface area contributed by atoms with Crippen molar-refractivity contribution in [2.24, 2.45) is 5.92 Å². The van der Waals surface area contributed by atoms with E-state index in [-0.39, 0.29) is 16.2 Å². The average molecular weight is 333 g/mol. The fourth-order valence-electron chi connectivity index (χ4n) is 2.57. The van der Waals surface area contributed by atoms with Gasteiger partial charge in [-0.15, -0.1) is 0 Å². The molecular weight excluding hydrogens is 295 g/mol. The maximum atomic E-state index is 2.46. The Morgan fingerprint density at radius 1 is 0.739 bits per heavy atom. The van der Waals surface area contributed by atoms with Gasteiger partial charge in [-0.2, -0.15) is 0 Å². The zero-order valence-electron chi connectivity index (χ0n) is 17.3. The molecule has 0 radical (unpaired) electrons. The molecule has 0 nitrogen and oxygen atoms in total. The van der Waals surface area contributed by atoms with E-state index in [4.69, 9.17) is 0 Å². The summed E-state index contributed by atoms with van der Waals surface area (Å²) < 4.78 is 0. The van der Waals surface area contributed by atoms with Crippen LogP contribution < -0.4 is 5.30 Å². The van der Waals surface area contributed by atoms with Crippen LogP contribution in [0.2, 0.25) is 0 Å². The molecule has 0 fully saturated rings. The molecule has 0 atom stereocenters. The quantitative estimate of drug-likeness (QED) is 0.535. The second-order valence-electron chi connectivity index (χ2n) is 10.2. The van der Waals surface area contributed by atoms with Crippen molar-refractivity contribution >= 4 is 19.3 Å². The molecular formula is C22H37P. The van der Waals surface area contributed by atoms with Gasteiger partial charge in [0, 0.05) is 5.30 Å². The lowest BCUT2D eigenvalue weighted by Crippen LogP contribution is -2.29. The van der Waals surface area contributed by atoms with Crippen LogP contribution in [0.15, 0.2) is 12.1 Å². The molecule has 0 aromatic heterocycles. The van der Waals surface area contributed by atoms with Gasteiger partial charge in [0.25, 0.3) is 0 Å². The molecule has 130 valence electrons. The zero-order chi connectivity index (χ0) is 18.2. The first-order chi connectivity index (χ1) is 10.1. The monoisotopic (exact) mass is 332 g/mol. The lowest BCUT2D eigenvalue weighted by Gasteiger charge is -2.32. The third-order valence-corrected chi connectivity index (χ3v) is 5.58. The van der Waals surface area contributed by atoms with E-state index in [0.717, 1.165) is 0 Å². The molecule has 0 aliphatic rings. The highest BCUT2D eigenvalue weighted by Crippen LogP contribution is 2.35. The first-order valence-electron chi connectivity index (χ1n) is 8.87. The van der Waals surface area contributed by atoms with Crippen molar-refractivity contribution in [2.75, 3.05) is 0 Å². The summed E-state index contributed by atoms with van der Waals surface area (Å²) in [6.45, 7) is 25.5. The summed E-state index contributed by atoms with van der Waals surface area (Å²) in [5.41, 5.74) is 4.97. The SMILES string of the molecule is CC(C)C=Pc1c(C(C)(C)C)cc(C(C)(C)C)cc1C(C)(C)C. The molecule has 0 saturated heterocycles. The molecule has 23 heavy (non-hydrogen) atoms. The standard InChI is InChI=1S/C22H37P/c1-15(2)14-23-19-17(21(6,7)8)12-16(20(3,4)5)13-18(19)22(9,10)11/h12-15H,1-11H3. The van der Waals surface area contributed by atoms with Gasteiger partial charge in [0.2, 0.25) is 0 Å². The van der Waals surface area contributed by atoms with Crippen LogP contribution in [0.25, 0.3) is 0 Å². The van der Waals surface area contributed by atoms with Crippen LogP contribution in [0, 0.1) is 5.92 Å². The van der Waals surface area contributed by atoms with Gasteiger partial charge in [0.05, 0.1) is 0 Å². The predicted molar refractivity (Wildman–Crippen MR) is 110 cm³/mol. The summed E-state index contributed by atoms with van der Waals surface area (Å²) in [6.07, 6.45) is 0. The lowest BCUT2D eigenvalue weighted by atomic mass is 9.75. The third kappa shape index (κ3) is 5.46. The van der Waals surface area contributed by atoms with Crippen LogP contribution in [-0.2, 0) is 16.2 Å². The summed E-state index contributed by atoms with van der Waals surface area (Å²) in [6, 6.07) is 4.93. The fourth-order valence-corrected chi connectivity index (χ4v) is 4.10. The predicted octanol–water partition coefficient (Wildman–Crippen LogP) is 6.61. The van der Waals surface area contributed by atoms with E-state index >= 15 is 0 Å². The van der Waals surface area contributed by atoms with E-state index < -0.39 is 0 Å². The Bertz CT molecular complexity index is 534. The van der Waals surface area contributed by atoms with Crippen molar-refractivity contribution in [3.05, 3.63) is 28.8 Å². The van der Waals surface area contributed by atoms with Crippen molar-refractivity contribution in [1.29, 1.82) is 0 Å². The Hall–Kier alpha value is -0.610. The number of hydrogen-bond acceptors (Lipinski definition) is 0. The maximum absolute atomic E-state index is 2.46. The smallest absolute Gasteiger partial charge is 0.00897 e. The highest BCUT2D eigenvalue weighted by molar-refractivity contribution is 7.47. The molecule has 0 aliphatic carbocycles. The Kier molecular flexibility index (Phi) is 5.97. The van der Waals surface area contributed by atoms with Crippen LogP contribution >= 0.6 is 8.20 Å². The van der Waals surface area contributed by atoms with Crippen LogP contribution in [-0.4, -0.2) is 5.80 Å². The van der Waals surface area contributed by atoms with Gasteiger partial charge in [-0.25, -0.2) is 0 Å². The molecule has 1 aromatic rings. The molecule has 1 heteroatoms. The van der Waals surface area contributed by atoms with E-state index in [1.54, 1.807) is 0 Å². The van der Waals surface area contributed by atoms with Gasteiger partial charge < -0.3 is 0 Å². The highest BCUT2D eigenvalue weighted by Gasteiger charge is 2.28. The number of rotatable bonds is 2. The van der Waals surface area contributed by atoms with Crippen LogP contribution in [0.1, 0.15) is 92.9 Å². The van der Waals surface area contributed by atoms with Crippen molar-refractivity contribution < 1.29 is 0 Å². The van der Waals surface area contributed by atoms with Crippen LogP contribution in [0.4, 0.5) is 0 Å². The van der Waals surface area contributed by atoms with Crippen molar-refractivity contribution in [2.45, 2.75) is 92.4 Å². The number of benzene rings is 1. The molecule has 0 N–H and O–H groups in total. The van der Waals surface area contributed by atoms with Gasteiger partial charge in [-0.3, -0.25) is 0 Å². The average Bonchev–Trinajstić information content (AvgIpc) is 2.31. The summed E-state index contributed by atoms with van der Waals surface area (Å²) in [4.78, 5) is 0. The van der Waals surface area contributed by atoms with Crippen molar-refractivity contribution in [3.8, 4) is 0 Å². The summed E-state index contributed by atoms with van der Waals surface area (Å²) in [5, 5.41) is 1.52. The Morgan fingerprint density at radius 2 is 1.13 bits per heavy atom. The van der Waals surface area contributed by atoms with E-state index in [0.29, 0.717) is 5.92 Å². The van der Waals surface area contributed by atoms with E-state index in [1.807, 2.05) is 0 Å². The van der Waals surface area contributed by atoms with Crippen molar-refractivity contribution in [3.63, 3.8) is 0 Å². The first kappa shape index (κ1) is 20.4. The van der Waals surface area contributed by atoms with Gasteiger partial charge >= 0.3 is 0 Å². The molecule has 0 heterocycles. The van der Waals surface area contributed by atoms with Crippen LogP contribution in [0.5, 0.6) is 0 Å². The summed E-state index contributed by atoms with van der Waals surface area (Å²) in [7, 11) is 1.36. The molecule has 0 unspecified atom stereocenters. The van der Waals surface area contributed by atoms with Gasteiger partial charge in [-0.1, -0.05) is 102 Å².